The Morgan fingerprint density at radius 2 is 1.77 bits per heavy atom. The summed E-state index contributed by atoms with van der Waals surface area (Å²) in [6, 6.07) is 15.5. The SMILES string of the molecule is O=C(CCN1CCN(c2cccc(Cl)c2)CC1)NCc1ccccc1Cl. The highest BCUT2D eigenvalue weighted by molar-refractivity contribution is 6.31. The van der Waals surface area contributed by atoms with Gasteiger partial charge in [0.15, 0.2) is 0 Å². The van der Waals surface area contributed by atoms with Gasteiger partial charge in [-0.3, -0.25) is 9.69 Å². The molecule has 138 valence electrons. The molecule has 3 rings (SSSR count). The monoisotopic (exact) mass is 391 g/mol. The molecular formula is C20H23Cl2N3O. The van der Waals surface area contributed by atoms with Crippen LogP contribution in [0.1, 0.15) is 12.0 Å². The molecule has 0 spiro atoms. The molecule has 0 unspecified atom stereocenters. The van der Waals surface area contributed by atoms with Gasteiger partial charge in [-0.05, 0) is 29.8 Å². The minimum absolute atomic E-state index is 0.0576. The second-order valence-corrected chi connectivity index (χ2v) is 7.27. The van der Waals surface area contributed by atoms with Gasteiger partial charge in [-0.15, -0.1) is 0 Å². The van der Waals surface area contributed by atoms with Crippen molar-refractivity contribution in [1.82, 2.24) is 10.2 Å². The van der Waals surface area contributed by atoms with Gasteiger partial charge in [0, 0.05) is 61.4 Å². The van der Waals surface area contributed by atoms with Crippen molar-refractivity contribution in [2.75, 3.05) is 37.6 Å². The number of nitrogens with zero attached hydrogens (tertiary/aromatic N) is 2. The molecule has 26 heavy (non-hydrogen) atoms. The van der Waals surface area contributed by atoms with E-state index >= 15 is 0 Å². The molecule has 0 aliphatic carbocycles. The number of rotatable bonds is 6. The summed E-state index contributed by atoms with van der Waals surface area (Å²) in [5, 5.41) is 4.39. The van der Waals surface area contributed by atoms with Gasteiger partial charge in [0.05, 0.1) is 0 Å². The summed E-state index contributed by atoms with van der Waals surface area (Å²) in [6.07, 6.45) is 0.502. The van der Waals surface area contributed by atoms with Crippen molar-refractivity contribution in [1.29, 1.82) is 0 Å². The molecule has 2 aromatic carbocycles. The van der Waals surface area contributed by atoms with Gasteiger partial charge in [-0.25, -0.2) is 0 Å². The van der Waals surface area contributed by atoms with E-state index in [1.54, 1.807) is 0 Å². The minimum Gasteiger partial charge on any atom is -0.369 e. The van der Waals surface area contributed by atoms with E-state index in [4.69, 9.17) is 23.2 Å². The molecule has 1 heterocycles. The van der Waals surface area contributed by atoms with Gasteiger partial charge in [-0.1, -0.05) is 47.5 Å². The van der Waals surface area contributed by atoms with Crippen LogP contribution in [0.15, 0.2) is 48.5 Å². The first-order valence-electron chi connectivity index (χ1n) is 8.85. The molecule has 2 aromatic rings. The Kier molecular flexibility index (Phi) is 6.78. The topological polar surface area (TPSA) is 35.6 Å². The van der Waals surface area contributed by atoms with Crippen LogP contribution in [-0.2, 0) is 11.3 Å². The second-order valence-electron chi connectivity index (χ2n) is 6.43. The molecule has 1 fully saturated rings. The third-order valence-corrected chi connectivity index (χ3v) is 5.24. The molecule has 1 aliphatic heterocycles. The van der Waals surface area contributed by atoms with Crippen LogP contribution in [0.3, 0.4) is 0 Å². The summed E-state index contributed by atoms with van der Waals surface area (Å²) in [5.74, 6) is 0.0576. The minimum atomic E-state index is 0.0576. The number of amides is 1. The Bertz CT molecular complexity index is 745. The van der Waals surface area contributed by atoms with Crippen LogP contribution in [0.25, 0.3) is 0 Å². The Morgan fingerprint density at radius 1 is 1.00 bits per heavy atom. The maximum atomic E-state index is 12.1. The number of anilines is 1. The predicted molar refractivity (Wildman–Crippen MR) is 108 cm³/mol. The number of carbonyl (C=O) groups is 1. The zero-order chi connectivity index (χ0) is 18.4. The maximum Gasteiger partial charge on any atom is 0.221 e. The van der Waals surface area contributed by atoms with Crippen LogP contribution in [0.4, 0.5) is 5.69 Å². The number of carbonyl (C=O) groups excluding carboxylic acids is 1. The fourth-order valence-corrected chi connectivity index (χ4v) is 3.47. The van der Waals surface area contributed by atoms with E-state index in [9.17, 15) is 4.79 Å². The van der Waals surface area contributed by atoms with Gasteiger partial charge in [0.25, 0.3) is 0 Å². The molecule has 0 aromatic heterocycles. The van der Waals surface area contributed by atoms with Crippen LogP contribution in [0, 0.1) is 0 Å². The van der Waals surface area contributed by atoms with Crippen LogP contribution < -0.4 is 10.2 Å². The average molecular weight is 392 g/mol. The average Bonchev–Trinajstić information content (AvgIpc) is 2.66. The number of halogens is 2. The molecule has 6 heteroatoms. The summed E-state index contributed by atoms with van der Waals surface area (Å²) >= 11 is 12.2. The Labute approximate surface area is 164 Å². The Balaban J connectivity index is 1.38. The second kappa shape index (κ2) is 9.26. The molecule has 4 nitrogen and oxygen atoms in total. The number of nitrogens with one attached hydrogen (secondary N) is 1. The van der Waals surface area contributed by atoms with Gasteiger partial charge in [0.2, 0.25) is 5.91 Å². The Morgan fingerprint density at radius 3 is 2.50 bits per heavy atom. The Hall–Kier alpha value is -1.75. The normalized spacial score (nSPS) is 15.1. The zero-order valence-electron chi connectivity index (χ0n) is 14.6. The standard InChI is InChI=1S/C20H23Cl2N3O/c21-17-5-3-6-18(14-17)25-12-10-24(11-13-25)9-8-20(26)23-15-16-4-1-2-7-19(16)22/h1-7,14H,8-13,15H2,(H,23,26). The van der Waals surface area contributed by atoms with Crippen molar-refractivity contribution < 1.29 is 4.79 Å². The van der Waals surface area contributed by atoms with Gasteiger partial charge >= 0.3 is 0 Å². The molecular weight excluding hydrogens is 369 g/mol. The summed E-state index contributed by atoms with van der Waals surface area (Å²) in [5.41, 5.74) is 2.10. The van der Waals surface area contributed by atoms with Crippen molar-refractivity contribution in [3.05, 3.63) is 64.1 Å². The number of benzene rings is 2. The quantitative estimate of drug-likeness (QED) is 0.812. The number of hydrogen-bond acceptors (Lipinski definition) is 3. The van der Waals surface area contributed by atoms with Crippen LogP contribution in [0.5, 0.6) is 0 Å². The van der Waals surface area contributed by atoms with Crippen LogP contribution in [-0.4, -0.2) is 43.5 Å². The van der Waals surface area contributed by atoms with E-state index in [1.807, 2.05) is 42.5 Å². The first-order valence-corrected chi connectivity index (χ1v) is 9.60. The van der Waals surface area contributed by atoms with Gasteiger partial charge < -0.3 is 10.2 Å². The fourth-order valence-electron chi connectivity index (χ4n) is 3.09. The molecule has 1 aliphatic rings. The third-order valence-electron chi connectivity index (χ3n) is 4.63. The lowest BCUT2D eigenvalue weighted by Gasteiger charge is -2.36. The zero-order valence-corrected chi connectivity index (χ0v) is 16.1. The molecule has 0 radical (unpaired) electrons. The van der Waals surface area contributed by atoms with Crippen LogP contribution in [0.2, 0.25) is 10.0 Å². The summed E-state index contributed by atoms with van der Waals surface area (Å²) < 4.78 is 0. The van der Waals surface area contributed by atoms with E-state index in [2.05, 4.69) is 21.2 Å². The molecule has 1 amide bonds. The first-order chi connectivity index (χ1) is 12.6. The highest BCUT2D eigenvalue weighted by Crippen LogP contribution is 2.20. The van der Waals surface area contributed by atoms with Crippen LogP contribution >= 0.6 is 23.2 Å². The highest BCUT2D eigenvalue weighted by Gasteiger charge is 2.18. The fraction of sp³-hybridized carbons (Fsp3) is 0.350. The lowest BCUT2D eigenvalue weighted by Crippen LogP contribution is -2.47. The van der Waals surface area contributed by atoms with E-state index in [1.165, 1.54) is 0 Å². The first kappa shape index (κ1) is 19.0. The number of piperazine rings is 1. The third kappa shape index (κ3) is 5.37. The van der Waals surface area contributed by atoms with Gasteiger partial charge in [-0.2, -0.15) is 0 Å². The molecule has 1 N–H and O–H groups in total. The molecule has 0 atom stereocenters. The maximum absolute atomic E-state index is 12.1. The highest BCUT2D eigenvalue weighted by atomic mass is 35.5. The van der Waals surface area contributed by atoms with E-state index in [-0.39, 0.29) is 5.91 Å². The van der Waals surface area contributed by atoms with E-state index in [0.29, 0.717) is 18.0 Å². The lowest BCUT2D eigenvalue weighted by molar-refractivity contribution is -0.121. The molecule has 1 saturated heterocycles. The van der Waals surface area contributed by atoms with Gasteiger partial charge in [0.1, 0.15) is 0 Å². The molecule has 0 bridgehead atoms. The summed E-state index contributed by atoms with van der Waals surface area (Å²) in [7, 11) is 0. The van der Waals surface area contributed by atoms with E-state index in [0.717, 1.165) is 49.0 Å². The lowest BCUT2D eigenvalue weighted by atomic mass is 10.2. The predicted octanol–water partition coefficient (Wildman–Crippen LogP) is 3.82. The summed E-state index contributed by atoms with van der Waals surface area (Å²) in [6.45, 7) is 5.04. The number of hydrogen-bond donors (Lipinski definition) is 1. The largest absolute Gasteiger partial charge is 0.369 e. The van der Waals surface area contributed by atoms with Crippen molar-refractivity contribution in [3.8, 4) is 0 Å². The van der Waals surface area contributed by atoms with Crippen molar-refractivity contribution in [2.45, 2.75) is 13.0 Å². The smallest absolute Gasteiger partial charge is 0.221 e. The van der Waals surface area contributed by atoms with Crippen molar-refractivity contribution >= 4 is 34.8 Å². The molecule has 0 saturated carbocycles. The summed E-state index contributed by atoms with van der Waals surface area (Å²) in [4.78, 5) is 16.8. The van der Waals surface area contributed by atoms with E-state index < -0.39 is 0 Å². The van der Waals surface area contributed by atoms with Crippen molar-refractivity contribution in [3.63, 3.8) is 0 Å². The van der Waals surface area contributed by atoms with Crippen molar-refractivity contribution in [2.24, 2.45) is 0 Å².